The van der Waals surface area contributed by atoms with Crippen molar-refractivity contribution in [2.24, 2.45) is 0 Å². The summed E-state index contributed by atoms with van der Waals surface area (Å²) >= 11 is 1.11. The molecule has 0 amide bonds. The molecular weight excluding hydrogens is 540 g/mol. The third kappa shape index (κ3) is 1.68. The molecule has 0 atom stereocenters. The van der Waals surface area contributed by atoms with Gasteiger partial charge in [0.15, 0.2) is 0 Å². The SMILES string of the molecule is Cc1[c]([AlH2])ccc2c1-c1c(ccc3ccc4c(c13)[N+](C)=[C-]C4)C2.[Bk]. The number of benzene rings is 3. The van der Waals surface area contributed by atoms with Gasteiger partial charge in [-0.15, -0.1) is 4.43 Å². The van der Waals surface area contributed by atoms with Crippen LogP contribution in [0, 0.1) is 6.92 Å². The summed E-state index contributed by atoms with van der Waals surface area (Å²) in [5, 5.41) is 2.78. The standard InChI is InChI=1S/C21H16N.Al.Bk.2H/c1-13-4-3-5-16-12-17-9-7-14-6-8-15-10-11-22(2)21(15)20(14)19(17)18(13)16;;;;/h3,5-9H,10,12H2,1-2H3;;;;. The molecule has 24 heavy (non-hydrogen) atoms. The second kappa shape index (κ2) is 4.81. The summed E-state index contributed by atoms with van der Waals surface area (Å²) in [6.07, 6.45) is 5.46. The van der Waals surface area contributed by atoms with Gasteiger partial charge in [-0.3, -0.25) is 0 Å². The molecule has 0 spiro atoms. The number of hydrogen-bond acceptors (Lipinski definition) is 0. The van der Waals surface area contributed by atoms with Gasteiger partial charge in [-0.1, -0.05) is 47.5 Å². The maximum atomic E-state index is 3.46. The Hall–Kier alpha value is -2.88. The molecule has 0 saturated heterocycles. The molecule has 0 fully saturated rings. The molecule has 1 heterocycles. The fraction of sp³-hybridized carbons (Fsp3) is 0.190. The van der Waals surface area contributed by atoms with E-state index in [9.17, 15) is 0 Å². The topological polar surface area (TPSA) is 3.01 Å². The maximum Gasteiger partial charge on any atom is 0.259 e. The van der Waals surface area contributed by atoms with Crippen LogP contribution in [0.5, 0.6) is 0 Å². The van der Waals surface area contributed by atoms with E-state index in [1.807, 2.05) is 0 Å². The molecule has 3 aromatic carbocycles. The van der Waals surface area contributed by atoms with E-state index in [0.29, 0.717) is 0 Å². The molecule has 1 aliphatic heterocycles. The Bertz CT molecular complexity index is 1050. The van der Waals surface area contributed by atoms with Crippen molar-refractivity contribution in [1.82, 2.24) is 0 Å². The van der Waals surface area contributed by atoms with Crippen LogP contribution < -0.4 is 4.43 Å². The monoisotopic (exact) mass is 558 g/mol. The van der Waals surface area contributed by atoms with Crippen molar-refractivity contribution in [1.29, 1.82) is 0 Å². The predicted molar refractivity (Wildman–Crippen MR) is 99.7 cm³/mol. The largest absolute Gasteiger partial charge is 0.366 e. The molecular formula is C21H18AlBkN. The van der Waals surface area contributed by atoms with Crippen LogP contribution in [0.4, 0.5) is 5.69 Å². The van der Waals surface area contributed by atoms with Crippen molar-refractivity contribution in [2.75, 3.05) is 7.05 Å². The number of rotatable bonds is 0. The summed E-state index contributed by atoms with van der Waals surface area (Å²) in [6.45, 7) is 2.31. The van der Waals surface area contributed by atoms with E-state index in [4.69, 9.17) is 0 Å². The summed E-state index contributed by atoms with van der Waals surface area (Å²) in [5.74, 6) is 0. The van der Waals surface area contributed by atoms with Crippen LogP contribution in [-0.4, -0.2) is 34.1 Å². The first-order valence-corrected chi connectivity index (χ1v) is 9.29. The predicted octanol–water partition coefficient (Wildman–Crippen LogP) is 2.76. The molecule has 0 saturated carbocycles. The number of hydrogen-bond donors (Lipinski definition) is 0. The van der Waals surface area contributed by atoms with E-state index in [2.05, 4.69) is 61.2 Å². The normalized spacial score (nSPS) is 14.0. The van der Waals surface area contributed by atoms with Crippen LogP contribution in [0.25, 0.3) is 21.9 Å². The van der Waals surface area contributed by atoms with Crippen molar-refractivity contribution in [3.63, 3.8) is 0 Å². The molecule has 119 valence electrons. The summed E-state index contributed by atoms with van der Waals surface area (Å²) in [5.41, 5.74) is 10.2. The minimum absolute atomic E-state index is 0. The average molecular weight is 558 g/mol. The Balaban J connectivity index is 0.00000146. The fourth-order valence-electron chi connectivity index (χ4n) is 4.30. The molecule has 1 radical (unpaired) electrons. The van der Waals surface area contributed by atoms with Crippen molar-refractivity contribution < 1.29 is 4.58 Å². The van der Waals surface area contributed by atoms with E-state index < -0.39 is 0 Å². The number of fused-ring (bicyclic) bond motifs is 7. The van der Waals surface area contributed by atoms with Gasteiger partial charge in [-0.25, -0.2) is 0 Å². The van der Waals surface area contributed by atoms with Crippen molar-refractivity contribution in [3.8, 4) is 11.1 Å². The zero-order chi connectivity index (χ0) is 15.7. The van der Waals surface area contributed by atoms with Crippen LogP contribution in [0.1, 0.15) is 22.3 Å². The first-order valence-electron chi connectivity index (χ1n) is 8.29. The van der Waals surface area contributed by atoms with Crippen LogP contribution in [0.15, 0.2) is 36.4 Å². The Morgan fingerprint density at radius 2 is 1.62 bits per heavy atom. The van der Waals surface area contributed by atoms with E-state index in [1.165, 1.54) is 54.3 Å². The Morgan fingerprint density at radius 3 is 2.42 bits per heavy atom. The zero-order valence-corrected chi connectivity index (χ0v) is 18.9. The van der Waals surface area contributed by atoms with Crippen LogP contribution in [-0.2, 0) is 12.8 Å². The Morgan fingerprint density at radius 1 is 0.958 bits per heavy atom. The first kappa shape index (κ1) is 14.7. The average Bonchev–Trinajstić information content (AvgIpc) is 3.12. The summed E-state index contributed by atoms with van der Waals surface area (Å²) < 4.78 is 3.73. The van der Waals surface area contributed by atoms with Crippen LogP contribution in [0.2, 0.25) is 0 Å². The second-order valence-corrected chi connectivity index (χ2v) is 7.96. The van der Waals surface area contributed by atoms with Gasteiger partial charge in [0.05, 0.1) is 5.69 Å². The van der Waals surface area contributed by atoms with Crippen molar-refractivity contribution >= 4 is 43.4 Å². The number of nitrogens with zero attached hydrogens (tertiary/aromatic N) is 1. The van der Waals surface area contributed by atoms with Gasteiger partial charge in [-0.05, 0) is 52.8 Å². The van der Waals surface area contributed by atoms with Crippen molar-refractivity contribution in [3.05, 3.63) is 58.7 Å². The van der Waals surface area contributed by atoms with E-state index in [1.54, 1.807) is 0 Å². The summed E-state index contributed by atoms with van der Waals surface area (Å²) in [6, 6.07) is 13.9. The van der Waals surface area contributed by atoms with Gasteiger partial charge in [0.2, 0.25) is 0 Å². The van der Waals surface area contributed by atoms with Gasteiger partial charge in [0.1, 0.15) is 7.05 Å². The molecule has 0 N–H and O–H groups in total. The van der Waals surface area contributed by atoms with Crippen LogP contribution >= 0.6 is 0 Å². The molecule has 0 bridgehead atoms. The molecule has 3 aromatic rings. The van der Waals surface area contributed by atoms with Crippen LogP contribution in [0.3, 0.4) is 0 Å². The van der Waals surface area contributed by atoms with Crippen molar-refractivity contribution in [2.45, 2.75) is 19.8 Å². The molecule has 0 aromatic heterocycles. The fourth-order valence-corrected chi connectivity index (χ4v) is 4.72. The molecule has 1 nitrogen and oxygen atoms in total. The quantitative estimate of drug-likeness (QED) is 0.178. The molecule has 0 unspecified atom stereocenters. The Labute approximate surface area is 144 Å². The van der Waals surface area contributed by atoms with Gasteiger partial charge in [-0.2, -0.15) is 0 Å². The maximum absolute atomic E-state index is 3.46. The third-order valence-electron chi connectivity index (χ3n) is 5.62. The summed E-state index contributed by atoms with van der Waals surface area (Å²) in [7, 11) is 2.14. The van der Waals surface area contributed by atoms with E-state index in [0.717, 1.165) is 29.1 Å². The van der Waals surface area contributed by atoms with Gasteiger partial charge < -0.3 is 4.58 Å². The Kier molecular flexibility index (Phi) is 2.94. The molecule has 1 aliphatic carbocycles. The van der Waals surface area contributed by atoms with Gasteiger partial charge in [0, 0.05) is 6.21 Å². The molecule has 5 rings (SSSR count). The second-order valence-electron chi connectivity index (χ2n) is 6.88. The van der Waals surface area contributed by atoms with E-state index in [-0.39, 0.29) is 0 Å². The third-order valence-corrected chi connectivity index (χ3v) is 6.71. The minimum Gasteiger partial charge on any atom is -0.366 e. The molecule has 2 aliphatic rings. The van der Waals surface area contributed by atoms with Gasteiger partial charge >= 0.3 is 0 Å². The first-order chi connectivity index (χ1) is 11.1. The minimum atomic E-state index is 0. The zero-order valence-electron chi connectivity index (χ0n) is 14.2. The van der Waals surface area contributed by atoms with E-state index >= 15 is 0 Å². The summed E-state index contributed by atoms with van der Waals surface area (Å²) in [4.78, 5) is 0. The molecule has 3 heteroatoms. The van der Waals surface area contributed by atoms with Gasteiger partial charge in [0.25, 0.3) is 16.3 Å². The smallest absolute Gasteiger partial charge is 0.259 e.